The summed E-state index contributed by atoms with van der Waals surface area (Å²) in [6, 6.07) is 1.83. The molecule has 0 saturated carbocycles. The SMILES string of the molecule is Cc1cc(OC2CCCN(C(=O)OC3CCOCC3)C2)nc(C)n1. The smallest absolute Gasteiger partial charge is 0.410 e. The number of carbonyl (C=O) groups excluding carboxylic acids is 1. The Balaban J connectivity index is 1.54. The second-order valence-corrected chi connectivity index (χ2v) is 6.42. The average molecular weight is 335 g/mol. The van der Waals surface area contributed by atoms with Crippen molar-refractivity contribution in [2.75, 3.05) is 26.3 Å². The van der Waals surface area contributed by atoms with E-state index >= 15 is 0 Å². The Bertz CT molecular complexity index is 555. The molecular formula is C17H25N3O4. The molecule has 24 heavy (non-hydrogen) atoms. The Morgan fingerprint density at radius 1 is 1.21 bits per heavy atom. The fourth-order valence-electron chi connectivity index (χ4n) is 3.13. The molecule has 0 spiro atoms. The highest BCUT2D eigenvalue weighted by Crippen LogP contribution is 2.19. The van der Waals surface area contributed by atoms with E-state index in [9.17, 15) is 4.79 Å². The minimum atomic E-state index is -0.245. The minimum Gasteiger partial charge on any atom is -0.472 e. The Morgan fingerprint density at radius 2 is 2.00 bits per heavy atom. The number of rotatable bonds is 3. The lowest BCUT2D eigenvalue weighted by Gasteiger charge is -2.33. The first kappa shape index (κ1) is 17.0. The molecule has 1 atom stereocenters. The summed E-state index contributed by atoms with van der Waals surface area (Å²) in [5, 5.41) is 0. The second kappa shape index (κ2) is 7.79. The summed E-state index contributed by atoms with van der Waals surface area (Å²) in [7, 11) is 0. The Kier molecular flexibility index (Phi) is 5.50. The molecule has 0 N–H and O–H groups in total. The van der Waals surface area contributed by atoms with Crippen molar-refractivity contribution in [1.82, 2.24) is 14.9 Å². The third-order valence-corrected chi connectivity index (χ3v) is 4.30. The molecule has 7 heteroatoms. The van der Waals surface area contributed by atoms with Gasteiger partial charge >= 0.3 is 6.09 Å². The van der Waals surface area contributed by atoms with E-state index in [1.807, 2.05) is 19.9 Å². The number of amides is 1. The normalized spacial score (nSPS) is 22.2. The van der Waals surface area contributed by atoms with Crippen LogP contribution in [0.25, 0.3) is 0 Å². The molecule has 0 radical (unpaired) electrons. The molecule has 1 amide bonds. The number of piperidine rings is 1. The lowest BCUT2D eigenvalue weighted by Crippen LogP contribution is -2.46. The first-order valence-corrected chi connectivity index (χ1v) is 8.62. The molecule has 0 bridgehead atoms. The summed E-state index contributed by atoms with van der Waals surface area (Å²) in [4.78, 5) is 22.7. The summed E-state index contributed by atoms with van der Waals surface area (Å²) >= 11 is 0. The Labute approximate surface area is 142 Å². The van der Waals surface area contributed by atoms with Gasteiger partial charge in [0.2, 0.25) is 5.88 Å². The summed E-state index contributed by atoms with van der Waals surface area (Å²) in [6.07, 6.45) is 3.03. The molecule has 2 aliphatic rings. The summed E-state index contributed by atoms with van der Waals surface area (Å²) in [5.74, 6) is 1.27. The third-order valence-electron chi connectivity index (χ3n) is 4.30. The fraction of sp³-hybridized carbons (Fsp3) is 0.706. The van der Waals surface area contributed by atoms with Crippen LogP contribution in [-0.2, 0) is 9.47 Å². The highest BCUT2D eigenvalue weighted by Gasteiger charge is 2.28. The van der Waals surface area contributed by atoms with Gasteiger partial charge in [0.15, 0.2) is 0 Å². The van der Waals surface area contributed by atoms with E-state index in [0.29, 0.717) is 38.0 Å². The van der Waals surface area contributed by atoms with E-state index in [1.165, 1.54) is 0 Å². The zero-order valence-corrected chi connectivity index (χ0v) is 14.4. The van der Waals surface area contributed by atoms with Crippen LogP contribution in [0.3, 0.4) is 0 Å². The minimum absolute atomic E-state index is 0.0280. The van der Waals surface area contributed by atoms with Crippen molar-refractivity contribution in [2.24, 2.45) is 0 Å². The van der Waals surface area contributed by atoms with Gasteiger partial charge in [-0.2, -0.15) is 4.98 Å². The topological polar surface area (TPSA) is 73.8 Å². The maximum atomic E-state index is 12.4. The number of ether oxygens (including phenoxy) is 3. The van der Waals surface area contributed by atoms with Crippen molar-refractivity contribution in [1.29, 1.82) is 0 Å². The molecule has 2 fully saturated rings. The van der Waals surface area contributed by atoms with E-state index < -0.39 is 0 Å². The van der Waals surface area contributed by atoms with Gasteiger partial charge in [-0.15, -0.1) is 0 Å². The van der Waals surface area contributed by atoms with Crippen molar-refractivity contribution in [3.05, 3.63) is 17.6 Å². The zero-order chi connectivity index (χ0) is 16.9. The van der Waals surface area contributed by atoms with Crippen molar-refractivity contribution < 1.29 is 19.0 Å². The largest absolute Gasteiger partial charge is 0.472 e. The molecule has 2 saturated heterocycles. The predicted octanol–water partition coefficient (Wildman–Crippen LogP) is 2.25. The van der Waals surface area contributed by atoms with Crippen LogP contribution in [0.2, 0.25) is 0 Å². The Morgan fingerprint density at radius 3 is 2.75 bits per heavy atom. The number of carbonyl (C=O) groups is 1. The highest BCUT2D eigenvalue weighted by atomic mass is 16.6. The first-order chi connectivity index (χ1) is 11.6. The van der Waals surface area contributed by atoms with E-state index in [4.69, 9.17) is 14.2 Å². The van der Waals surface area contributed by atoms with Crippen LogP contribution in [0.1, 0.15) is 37.2 Å². The molecule has 0 aliphatic carbocycles. The number of hydrogen-bond acceptors (Lipinski definition) is 6. The molecule has 3 rings (SSSR count). The molecule has 1 unspecified atom stereocenters. The van der Waals surface area contributed by atoms with Crippen molar-refractivity contribution >= 4 is 6.09 Å². The van der Waals surface area contributed by atoms with E-state index in [-0.39, 0.29) is 18.3 Å². The van der Waals surface area contributed by atoms with Gasteiger partial charge in [0.05, 0.1) is 19.8 Å². The maximum absolute atomic E-state index is 12.4. The zero-order valence-electron chi connectivity index (χ0n) is 14.4. The summed E-state index contributed by atoms with van der Waals surface area (Å²) < 4.78 is 16.9. The number of aromatic nitrogens is 2. The lowest BCUT2D eigenvalue weighted by molar-refractivity contribution is -0.0175. The molecule has 3 heterocycles. The van der Waals surface area contributed by atoms with Gasteiger partial charge in [-0.1, -0.05) is 0 Å². The van der Waals surface area contributed by atoms with Gasteiger partial charge in [-0.05, 0) is 26.7 Å². The van der Waals surface area contributed by atoms with Crippen molar-refractivity contribution in [3.63, 3.8) is 0 Å². The summed E-state index contributed by atoms with van der Waals surface area (Å²) in [6.45, 7) is 6.33. The number of nitrogens with zero attached hydrogens (tertiary/aromatic N) is 3. The van der Waals surface area contributed by atoms with Crippen LogP contribution < -0.4 is 4.74 Å². The van der Waals surface area contributed by atoms with Crippen LogP contribution in [0, 0.1) is 13.8 Å². The first-order valence-electron chi connectivity index (χ1n) is 8.62. The van der Waals surface area contributed by atoms with Crippen LogP contribution in [0.4, 0.5) is 4.79 Å². The van der Waals surface area contributed by atoms with Crippen LogP contribution in [0.15, 0.2) is 6.07 Å². The van der Waals surface area contributed by atoms with Gasteiger partial charge in [-0.25, -0.2) is 9.78 Å². The lowest BCUT2D eigenvalue weighted by atomic mass is 10.1. The predicted molar refractivity (Wildman–Crippen MR) is 87.1 cm³/mol. The molecule has 1 aromatic rings. The second-order valence-electron chi connectivity index (χ2n) is 6.42. The monoisotopic (exact) mass is 335 g/mol. The van der Waals surface area contributed by atoms with Gasteiger partial charge in [0, 0.05) is 31.1 Å². The maximum Gasteiger partial charge on any atom is 0.410 e. The standard InChI is InChI=1S/C17H25N3O4/c1-12-10-16(19-13(2)18-12)23-15-4-3-7-20(11-15)17(21)24-14-5-8-22-9-6-14/h10,14-15H,3-9,11H2,1-2H3. The average Bonchev–Trinajstić information content (AvgIpc) is 2.55. The van der Waals surface area contributed by atoms with Crippen molar-refractivity contribution in [3.8, 4) is 5.88 Å². The van der Waals surface area contributed by atoms with E-state index in [0.717, 1.165) is 31.4 Å². The molecule has 2 aliphatic heterocycles. The highest BCUT2D eigenvalue weighted by molar-refractivity contribution is 5.68. The quantitative estimate of drug-likeness (QED) is 0.843. The van der Waals surface area contributed by atoms with Gasteiger partial charge in [-0.3, -0.25) is 0 Å². The number of aryl methyl sites for hydroxylation is 2. The van der Waals surface area contributed by atoms with E-state index in [1.54, 1.807) is 4.90 Å². The third kappa shape index (κ3) is 4.56. The number of hydrogen-bond donors (Lipinski definition) is 0. The summed E-state index contributed by atoms with van der Waals surface area (Å²) in [5.41, 5.74) is 0.879. The molecule has 1 aromatic heterocycles. The van der Waals surface area contributed by atoms with Crippen LogP contribution in [-0.4, -0.2) is 59.5 Å². The van der Waals surface area contributed by atoms with E-state index in [2.05, 4.69) is 9.97 Å². The van der Waals surface area contributed by atoms with Crippen LogP contribution in [0.5, 0.6) is 5.88 Å². The molecule has 7 nitrogen and oxygen atoms in total. The van der Waals surface area contributed by atoms with Gasteiger partial charge in [0.25, 0.3) is 0 Å². The molecular weight excluding hydrogens is 310 g/mol. The molecule has 132 valence electrons. The van der Waals surface area contributed by atoms with Gasteiger partial charge in [0.1, 0.15) is 18.0 Å². The Hall–Kier alpha value is -1.89. The van der Waals surface area contributed by atoms with Crippen molar-refractivity contribution in [2.45, 2.75) is 51.7 Å². The van der Waals surface area contributed by atoms with Gasteiger partial charge < -0.3 is 19.1 Å². The molecule has 0 aromatic carbocycles. The van der Waals surface area contributed by atoms with Crippen LogP contribution >= 0.6 is 0 Å². The number of likely N-dealkylation sites (tertiary alicyclic amines) is 1. The fourth-order valence-corrected chi connectivity index (χ4v) is 3.13.